The fourth-order valence-corrected chi connectivity index (χ4v) is 15.6. The molecule has 6 atom stereocenters. The number of nitrogens with one attached hydrogen (secondary N) is 3. The van der Waals surface area contributed by atoms with Gasteiger partial charge in [0.05, 0.1) is 35.3 Å². The standard InChI is InChI=1S/C25H21BrN8O3.C18H19N5O3.C14H16BrN3O3.C14H11N5O3.C11H12BrN3O.C4H5BN2O2.CH3F.ClH.H2O.S4.S3.S2.H2S/c26-20-2-1-3-21(30-20)31-25(37)19-8-14-7-18(14)34(19)22(35)11-33-17-5-4-13(15-9-28-12-29-10-15)6-16(17)23(32-33)24(27)36;1-18(2,3)26-15(24)9-23-14-5-4-11(12-7-20-10-21-8-12)6-13(14)16(22-23)17(19)25;1-14(2,3)21-11(19)7-18-10-5-4-8(15)6-9(10)12(17-18)13(16)20;15-14(22)13-10-3-8(9-4-16-7-17-5-9)1-2-11(10)19(18-13)6-12(20)21;12-9-2-1-3-10(14-9)15-11(16)8-5-6-4-7(6)13-8;8-5(9)4-1-6-3-7-2-4;1-2;;;1-3-4-2;1-3-2;1-2;/h1-6,9-10,12,14,18-19H,7-8,11H2,(H2,27,36)(H,30,31,37);4-8,10H,9H2,1-3H3,(H2,19,25);4-6H,7H2,1-3H3,(H2,16,20);1-5,7H,6H2,(H2,15,22)(H,20,21);1-3,6-8,13H,4-5H2,(H,14,15,16);1-3,8-9H;1H3;1H;1H2;;;;1H2/t14-,18-,19+;;;;6-,7-,8+;;;;;;;;/m1...1......../s1/i/hD. The minimum absolute atomic E-state index is 0. The monoisotopic (exact) mass is 2380 g/mol. The molecule has 4 aromatic carbocycles. The maximum Gasteiger partial charge on any atom is 0.491 e. The Morgan fingerprint density at radius 1 is 0.497 bits per heavy atom. The molecule has 764 valence electrons. The van der Waals surface area contributed by atoms with Crippen LogP contribution in [0.4, 0.5) is 16.0 Å². The number of aliphatic carboxylic acids is 1. The molecule has 7 amide bonds. The number of carbonyl (C=O) groups is 10. The number of alkyl halides is 1. The number of carboxylic acids is 1. The third kappa shape index (κ3) is 35.4. The van der Waals surface area contributed by atoms with Crippen molar-refractivity contribution in [1.29, 1.82) is 0 Å². The van der Waals surface area contributed by atoms with E-state index in [-0.39, 0.29) is 105 Å². The first-order chi connectivity index (χ1) is 68.7. The number of benzene rings is 4. The molecule has 12 heterocycles. The highest BCUT2D eigenvalue weighted by Gasteiger charge is 2.56. The van der Waals surface area contributed by atoms with Crippen LogP contribution in [-0.2, 0) is 158 Å². The number of carbonyl (C=O) groups excluding carboxylic acids is 9. The van der Waals surface area contributed by atoms with Gasteiger partial charge in [-0.15, -0.1) is 12.4 Å². The first-order valence-electron chi connectivity index (χ1n) is 42.1. The summed E-state index contributed by atoms with van der Waals surface area (Å²) < 4.78 is 32.5. The number of piperidine rings is 2. The van der Waals surface area contributed by atoms with Gasteiger partial charge in [0, 0.05) is 204 Å². The molecule has 14 aromatic rings. The smallest absolute Gasteiger partial charge is 0.480 e. The van der Waals surface area contributed by atoms with E-state index in [1.165, 1.54) is 80.6 Å². The number of carboxylic acid groups (broad SMARTS) is 1. The molecule has 0 unspecified atom stereocenters. The van der Waals surface area contributed by atoms with Crippen LogP contribution in [0.2, 0.25) is 0 Å². The predicted molar refractivity (Wildman–Crippen MR) is 581 cm³/mol. The van der Waals surface area contributed by atoms with E-state index in [1.54, 1.807) is 169 Å². The number of anilines is 2. The molecule has 2 aliphatic carbocycles. The van der Waals surface area contributed by atoms with Crippen LogP contribution in [0.15, 0.2) is 198 Å². The number of hydrogen-bond donors (Lipinski definition) is 10. The molecule has 2 saturated heterocycles. The fraction of sp³-hybridized carbons (Fsp3) is 0.264. The second-order valence-electron chi connectivity index (χ2n) is 32.4. The van der Waals surface area contributed by atoms with Gasteiger partial charge in [-0.05, 0) is 206 Å². The molecular formula is C87H92BBr3ClFN26O16S10. The van der Waals surface area contributed by atoms with Crippen LogP contribution < -0.4 is 44.3 Å². The summed E-state index contributed by atoms with van der Waals surface area (Å²) in [6.07, 6.45) is 21.9. The number of esters is 2. The Balaban J connectivity index is 0.000000269. The largest absolute Gasteiger partial charge is 0.491 e. The topological polar surface area (TPSA) is 625 Å². The van der Waals surface area contributed by atoms with Crippen molar-refractivity contribution in [2.75, 3.05) is 17.8 Å². The number of fused-ring (bicyclic) bond motifs is 6. The SMILES string of the molecule is CC(C)(C)OC(=O)Cn1nc(C(N)=O)c2cc(-c3cncnc3)ccc21.CC(C)(C)OC(=O)Cn1nc(C(N)=O)c2cc(Br)ccc21.CF.Cl.NC(=O)c1nn(CC(=O)N2[C@@H]3C[C@@H]3C[C@H]2C(=O)Nc2cccc(Br)n2)c2ccc(-c3cncnc3)cc12.NC(=O)c1nn(CC(=O)O)c2ccc(-c3cncnc3)cc12.O=C(Nc1cccc(Br)n1)[C@@H]1C[C@H]2C[C@H]2N1.OB(O)c1cncnc1.S.S=S.S=S=S.S=S=S=S.[2H]O. The number of halogens is 5. The maximum atomic E-state index is 13.5. The minimum atomic E-state index is -1.47. The van der Waals surface area contributed by atoms with Crippen molar-refractivity contribution in [2.24, 2.45) is 34.8 Å². The molecule has 18 rings (SSSR count). The average Bonchev–Trinajstić information content (AvgIpc) is 1.57. The number of nitrogens with zero attached hydrogens (tertiary/aromatic N) is 19. The molecule has 0 radical (unpaired) electrons. The quantitative estimate of drug-likeness (QED) is 0.0205. The second-order valence-corrected chi connectivity index (χ2v) is 40.2. The molecule has 0 spiro atoms. The van der Waals surface area contributed by atoms with E-state index < -0.39 is 65.9 Å². The molecule has 42 nitrogen and oxygen atoms in total. The van der Waals surface area contributed by atoms with Gasteiger partial charge in [-0.1, -0.05) is 46.3 Å². The number of amides is 7. The van der Waals surface area contributed by atoms with E-state index in [1.807, 2.05) is 24.3 Å². The van der Waals surface area contributed by atoms with Crippen molar-refractivity contribution in [3.05, 3.63) is 221 Å². The lowest BCUT2D eigenvalue weighted by molar-refractivity contribution is -0.156. The Kier molecular flexibility index (Phi) is 47.8. The van der Waals surface area contributed by atoms with Crippen LogP contribution in [-0.4, -0.2) is 223 Å². The third-order valence-corrected chi connectivity index (χ3v) is 23.9. The number of pyridine rings is 2. The molecule has 4 aliphatic rings. The highest BCUT2D eigenvalue weighted by atomic mass is 79.9. The summed E-state index contributed by atoms with van der Waals surface area (Å²) in [6, 6.07) is 32.0. The average molecular weight is 2380 g/mol. The van der Waals surface area contributed by atoms with E-state index in [0.717, 1.165) is 70.1 Å². The van der Waals surface area contributed by atoms with E-state index >= 15 is 0 Å². The lowest BCUT2D eigenvalue weighted by Crippen LogP contribution is -2.46. The van der Waals surface area contributed by atoms with Crippen LogP contribution in [0, 0.1) is 11.8 Å². The van der Waals surface area contributed by atoms with E-state index in [9.17, 15) is 52.3 Å². The van der Waals surface area contributed by atoms with Gasteiger partial charge >= 0.3 is 25.0 Å². The van der Waals surface area contributed by atoms with Crippen LogP contribution in [0.25, 0.3) is 77.0 Å². The van der Waals surface area contributed by atoms with Crippen molar-refractivity contribution >= 4 is 295 Å². The van der Waals surface area contributed by atoms with Gasteiger partial charge in [-0.2, -0.15) is 33.9 Å². The zero-order chi connectivity index (χ0) is 106. The minimum Gasteiger partial charge on any atom is -0.480 e. The van der Waals surface area contributed by atoms with Crippen LogP contribution in [0.3, 0.4) is 0 Å². The van der Waals surface area contributed by atoms with Crippen LogP contribution >= 0.6 is 73.7 Å². The van der Waals surface area contributed by atoms with Gasteiger partial charge in [0.1, 0.15) is 89.6 Å². The highest BCUT2D eigenvalue weighted by Crippen LogP contribution is 2.48. The van der Waals surface area contributed by atoms with Gasteiger partial charge in [-0.3, -0.25) is 71.1 Å². The first-order valence-corrected chi connectivity index (χ1v) is 52.0. The van der Waals surface area contributed by atoms with Crippen LogP contribution in [0.5, 0.6) is 0 Å². The van der Waals surface area contributed by atoms with Crippen molar-refractivity contribution in [3.8, 4) is 33.4 Å². The van der Waals surface area contributed by atoms with Gasteiger partial charge in [0.25, 0.3) is 23.6 Å². The Morgan fingerprint density at radius 2 is 0.841 bits per heavy atom. The number of hydrogen-bond acceptors (Lipinski definition) is 35. The zero-order valence-electron chi connectivity index (χ0n) is 78.1. The van der Waals surface area contributed by atoms with Crippen molar-refractivity contribution in [3.63, 3.8) is 0 Å². The Morgan fingerprint density at radius 3 is 1.17 bits per heavy atom. The fourth-order valence-electron chi connectivity index (χ4n) is 14.5. The lowest BCUT2D eigenvalue weighted by Gasteiger charge is -2.26. The predicted octanol–water partition coefficient (Wildman–Crippen LogP) is 7.19. The van der Waals surface area contributed by atoms with E-state index in [4.69, 9.17) is 54.5 Å². The lowest BCUT2D eigenvalue weighted by atomic mass is 9.83. The van der Waals surface area contributed by atoms with Crippen molar-refractivity contribution in [2.45, 2.75) is 129 Å². The summed E-state index contributed by atoms with van der Waals surface area (Å²) in [5.41, 5.74) is 34.6. The van der Waals surface area contributed by atoms with Crippen LogP contribution in [0.1, 0.15) is 111 Å². The zero-order valence-corrected chi connectivity index (χ0v) is 91.0. The number of ether oxygens (including phenoxy) is 2. The normalized spacial score (nSPS) is 14.8. The molecule has 4 fully saturated rings. The summed E-state index contributed by atoms with van der Waals surface area (Å²) in [5, 5.41) is 53.7. The third-order valence-electron chi connectivity index (χ3n) is 20.3. The van der Waals surface area contributed by atoms with E-state index in [2.05, 4.69) is 201 Å². The first kappa shape index (κ1) is 120. The molecule has 16 N–H and O–H groups in total. The van der Waals surface area contributed by atoms with Gasteiger partial charge in [-0.25, -0.2) is 49.8 Å². The summed E-state index contributed by atoms with van der Waals surface area (Å²) >= 11 is 34.1. The molecule has 58 heteroatoms. The Bertz CT molecular complexity index is 7060. The number of rotatable bonds is 20. The number of nitrogens with two attached hydrogens (primary N) is 4. The van der Waals surface area contributed by atoms with Gasteiger partial charge in [0.15, 0.2) is 22.8 Å². The summed E-state index contributed by atoms with van der Waals surface area (Å²) in [6.45, 7) is 10.1. The Hall–Kier alpha value is -12.0. The molecule has 2 saturated carbocycles. The maximum absolute atomic E-state index is 13.5. The summed E-state index contributed by atoms with van der Waals surface area (Å²) in [4.78, 5) is 162. The molecule has 0 bridgehead atoms. The Labute approximate surface area is 904 Å². The number of primary amides is 4. The number of aromatic nitrogens is 18. The summed E-state index contributed by atoms with van der Waals surface area (Å²) in [7, 11) is 2.29. The van der Waals surface area contributed by atoms with Crippen molar-refractivity contribution < 1.29 is 83.9 Å². The molecule has 145 heavy (non-hydrogen) atoms. The van der Waals surface area contributed by atoms with E-state index in [0.29, 0.717) is 90.9 Å². The molecule has 2 aliphatic heterocycles. The van der Waals surface area contributed by atoms with Gasteiger partial charge < -0.3 is 73.9 Å². The summed E-state index contributed by atoms with van der Waals surface area (Å²) in [5.74, 6) is -3.08. The van der Waals surface area contributed by atoms with Gasteiger partial charge in [0.2, 0.25) is 19.2 Å². The molecule has 10 aromatic heterocycles. The second kappa shape index (κ2) is 57.8. The molecular weight excluding hydrogens is 2290 g/mol. The highest BCUT2D eigenvalue weighted by molar-refractivity contribution is 9.11. The number of likely N-dealkylation sites (tertiary alicyclic amines) is 1. The van der Waals surface area contributed by atoms with Crippen molar-refractivity contribution in [1.82, 2.24) is 99.2 Å².